The van der Waals surface area contributed by atoms with Crippen molar-refractivity contribution >= 4 is 36.9 Å². The number of hydrogen-bond acceptors (Lipinski definition) is 2. The van der Waals surface area contributed by atoms with Gasteiger partial charge in [-0.1, -0.05) is 11.6 Å². The first-order valence-corrected chi connectivity index (χ1v) is 4.02. The molecule has 0 aliphatic heterocycles. The van der Waals surface area contributed by atoms with Gasteiger partial charge in [-0.15, -0.1) is 0 Å². The second-order valence-corrected chi connectivity index (χ2v) is 3.19. The fourth-order valence-corrected chi connectivity index (χ4v) is 0.844. The summed E-state index contributed by atoms with van der Waals surface area (Å²) in [6.45, 7) is 0. The zero-order chi connectivity index (χ0) is 6.57. The van der Waals surface area contributed by atoms with E-state index in [-0.39, 0.29) is 10.7 Å². The molecule has 0 amide bonds. The molecular formula is C2H4ClN2OPS. The molecule has 46 valence electrons. The highest BCUT2D eigenvalue weighted by molar-refractivity contribution is 7.80. The van der Waals surface area contributed by atoms with E-state index < -0.39 is 7.94 Å². The summed E-state index contributed by atoms with van der Waals surface area (Å²) in [5, 5.41) is -0.105. The van der Waals surface area contributed by atoms with E-state index in [9.17, 15) is 4.89 Å². The molecule has 0 aliphatic rings. The van der Waals surface area contributed by atoms with Crippen LogP contribution >= 0.6 is 31.8 Å². The number of thiocarbonyl (C=S) groups is 1. The molecule has 0 fully saturated rings. The second kappa shape index (κ2) is 4.15. The Labute approximate surface area is 58.4 Å². The number of nitrogens with zero attached hydrogens (tertiary/aromatic N) is 1. The summed E-state index contributed by atoms with van der Waals surface area (Å²) >= 11 is 9.41. The molecule has 8 heavy (non-hydrogen) atoms. The average molecular weight is 171 g/mol. The van der Waals surface area contributed by atoms with Crippen molar-refractivity contribution in [3.8, 4) is 0 Å². The molecule has 0 aromatic rings. The maximum atomic E-state index is 10.3. The summed E-state index contributed by atoms with van der Waals surface area (Å²) in [5.74, 6) is 0. The molecule has 2 N–H and O–H groups in total. The molecule has 0 aromatic carbocycles. The van der Waals surface area contributed by atoms with Crippen molar-refractivity contribution in [1.29, 1.82) is 0 Å². The molecule has 0 radical (unpaired) electrons. The van der Waals surface area contributed by atoms with Crippen LogP contribution in [-0.4, -0.2) is 10.7 Å². The predicted molar refractivity (Wildman–Crippen MR) is 36.9 cm³/mol. The van der Waals surface area contributed by atoms with Gasteiger partial charge in [0.25, 0.3) is 0 Å². The average Bonchev–Trinajstić information content (AvgIpc) is 1.65. The van der Waals surface area contributed by atoms with Gasteiger partial charge in [-0.2, -0.15) is 0 Å². The van der Waals surface area contributed by atoms with Crippen molar-refractivity contribution in [3.63, 3.8) is 0 Å². The molecule has 0 saturated heterocycles. The van der Waals surface area contributed by atoms with Crippen LogP contribution in [0.2, 0.25) is 0 Å². The first-order chi connectivity index (χ1) is 3.66. The number of halogens is 1. The van der Waals surface area contributed by atoms with Crippen LogP contribution in [0.15, 0.2) is 4.74 Å². The SMILES string of the molecule is NC(=S)N=[P+]([O-])CCl. The minimum atomic E-state index is -1.74. The Morgan fingerprint density at radius 2 is 2.50 bits per heavy atom. The van der Waals surface area contributed by atoms with Crippen molar-refractivity contribution in [2.24, 2.45) is 10.5 Å². The lowest BCUT2D eigenvalue weighted by Gasteiger charge is -1.84. The summed E-state index contributed by atoms with van der Waals surface area (Å²) in [5.41, 5.74) is 4.87. The normalized spacial score (nSPS) is 11.5. The molecule has 0 bridgehead atoms. The molecule has 0 saturated carbocycles. The van der Waals surface area contributed by atoms with Crippen LogP contribution in [0.25, 0.3) is 0 Å². The highest BCUT2D eigenvalue weighted by atomic mass is 35.5. The Morgan fingerprint density at radius 3 is 2.62 bits per heavy atom. The lowest BCUT2D eigenvalue weighted by molar-refractivity contribution is -0.154. The van der Waals surface area contributed by atoms with Crippen molar-refractivity contribution in [2.45, 2.75) is 0 Å². The highest BCUT2D eigenvalue weighted by Crippen LogP contribution is 2.14. The van der Waals surface area contributed by atoms with Crippen LogP contribution in [0.5, 0.6) is 0 Å². The Hall–Kier alpha value is 0.240. The maximum absolute atomic E-state index is 10.3. The van der Waals surface area contributed by atoms with Crippen LogP contribution in [0.4, 0.5) is 0 Å². The first kappa shape index (κ1) is 8.24. The number of hydrogen-bond donors (Lipinski definition) is 1. The molecule has 6 heteroatoms. The quantitative estimate of drug-likeness (QED) is 0.351. The standard InChI is InChI=1S/C2H4ClN2OPS/c3-1-7(6)5-2(4)8/h1H2,(H2,4,8). The zero-order valence-corrected chi connectivity index (χ0v) is 6.34. The molecule has 1 atom stereocenters. The topological polar surface area (TPSA) is 61.4 Å². The van der Waals surface area contributed by atoms with Crippen molar-refractivity contribution in [1.82, 2.24) is 0 Å². The zero-order valence-electron chi connectivity index (χ0n) is 3.87. The summed E-state index contributed by atoms with van der Waals surface area (Å²) in [7, 11) is -1.74. The fraction of sp³-hybridized carbons (Fsp3) is 0.500. The Bertz CT molecular complexity index is 127. The minimum absolute atomic E-state index is 0.0212. The van der Waals surface area contributed by atoms with Gasteiger partial charge in [-0.3, -0.25) is 0 Å². The molecular weight excluding hydrogens is 167 g/mol. The van der Waals surface area contributed by atoms with Crippen molar-refractivity contribution < 1.29 is 4.89 Å². The molecule has 0 aliphatic carbocycles. The Balaban J connectivity index is 3.75. The van der Waals surface area contributed by atoms with Gasteiger partial charge in [-0.25, -0.2) is 0 Å². The molecule has 0 rings (SSSR count). The first-order valence-electron chi connectivity index (χ1n) is 1.68. The number of rotatable bonds is 1. The van der Waals surface area contributed by atoms with Crippen molar-refractivity contribution in [3.05, 3.63) is 0 Å². The lowest BCUT2D eigenvalue weighted by atomic mass is 11.3. The van der Waals surface area contributed by atoms with E-state index in [0.29, 0.717) is 0 Å². The Morgan fingerprint density at radius 1 is 2.00 bits per heavy atom. The van der Waals surface area contributed by atoms with E-state index >= 15 is 0 Å². The van der Waals surface area contributed by atoms with Gasteiger partial charge in [0, 0.05) is 0 Å². The van der Waals surface area contributed by atoms with Gasteiger partial charge >= 0.3 is 0 Å². The fourth-order valence-electron chi connectivity index (χ4n) is 0.137. The summed E-state index contributed by atoms with van der Waals surface area (Å²) in [6, 6.07) is 0. The number of nitrogens with two attached hydrogens (primary N) is 1. The summed E-state index contributed by atoms with van der Waals surface area (Å²) < 4.78 is 3.28. The molecule has 1 unspecified atom stereocenters. The second-order valence-electron chi connectivity index (χ2n) is 0.910. The van der Waals surface area contributed by atoms with Crippen LogP contribution in [0.1, 0.15) is 0 Å². The van der Waals surface area contributed by atoms with Gasteiger partial charge in [0.2, 0.25) is 5.11 Å². The van der Waals surface area contributed by atoms with Gasteiger partial charge in [0.1, 0.15) is 0 Å². The third-order valence-corrected chi connectivity index (χ3v) is 1.80. The predicted octanol–water partition coefficient (Wildman–Crippen LogP) is 0.367. The van der Waals surface area contributed by atoms with Crippen LogP contribution in [-0.2, 0) is 0 Å². The van der Waals surface area contributed by atoms with E-state index in [1.807, 2.05) is 0 Å². The molecule has 0 heterocycles. The molecule has 3 nitrogen and oxygen atoms in total. The van der Waals surface area contributed by atoms with E-state index in [0.717, 1.165) is 0 Å². The van der Waals surface area contributed by atoms with E-state index in [2.05, 4.69) is 17.0 Å². The maximum Gasteiger partial charge on any atom is 0.234 e. The van der Waals surface area contributed by atoms with E-state index in [4.69, 9.17) is 17.3 Å². The van der Waals surface area contributed by atoms with Crippen LogP contribution in [0.3, 0.4) is 0 Å². The van der Waals surface area contributed by atoms with Gasteiger partial charge in [-0.05, 0) is 17.0 Å². The monoisotopic (exact) mass is 170 g/mol. The highest BCUT2D eigenvalue weighted by Gasteiger charge is 1.92. The smallest absolute Gasteiger partial charge is 0.234 e. The number of alkyl halides is 1. The largest absolute Gasteiger partial charge is 0.611 e. The summed E-state index contributed by atoms with van der Waals surface area (Å²) in [6.07, 6.45) is 0. The van der Waals surface area contributed by atoms with E-state index in [1.54, 1.807) is 0 Å². The van der Waals surface area contributed by atoms with Crippen LogP contribution in [0, 0.1) is 0 Å². The molecule has 0 spiro atoms. The minimum Gasteiger partial charge on any atom is -0.611 e. The van der Waals surface area contributed by atoms with Gasteiger partial charge in [0.05, 0.1) is 0 Å². The van der Waals surface area contributed by atoms with Crippen LogP contribution < -0.4 is 10.6 Å². The lowest BCUT2D eigenvalue weighted by Crippen LogP contribution is -2.03. The molecule has 0 aromatic heterocycles. The third-order valence-electron chi connectivity index (χ3n) is 0.312. The summed E-state index contributed by atoms with van der Waals surface area (Å²) in [4.78, 5) is 10.3. The van der Waals surface area contributed by atoms with Gasteiger partial charge < -0.3 is 10.6 Å². The van der Waals surface area contributed by atoms with E-state index in [1.165, 1.54) is 0 Å². The Kier molecular flexibility index (Phi) is 4.28. The third kappa shape index (κ3) is 4.40. The van der Waals surface area contributed by atoms with Crippen molar-refractivity contribution in [2.75, 3.05) is 5.62 Å². The van der Waals surface area contributed by atoms with Gasteiger partial charge in [0.15, 0.2) is 13.6 Å².